The maximum atomic E-state index is 12.7. The molecule has 1 aromatic carbocycles. The Labute approximate surface area is 130 Å². The topological polar surface area (TPSA) is 58.4 Å². The number of rotatable bonds is 4. The van der Waals surface area contributed by atoms with Gasteiger partial charge in [0.05, 0.1) is 12.7 Å². The number of benzene rings is 1. The summed E-state index contributed by atoms with van der Waals surface area (Å²) in [5.41, 5.74) is 0.809. The van der Waals surface area contributed by atoms with E-state index < -0.39 is 0 Å². The summed E-state index contributed by atoms with van der Waals surface area (Å²) >= 11 is 0. The molecule has 5 nitrogen and oxygen atoms in total. The molecule has 0 unspecified atom stereocenters. The molecule has 0 spiro atoms. The predicted molar refractivity (Wildman–Crippen MR) is 84.5 cm³/mol. The van der Waals surface area contributed by atoms with Crippen molar-refractivity contribution in [2.45, 2.75) is 45.2 Å². The van der Waals surface area contributed by atoms with Crippen LogP contribution in [0.3, 0.4) is 0 Å². The molecule has 0 radical (unpaired) electrons. The smallest absolute Gasteiger partial charge is 0.322 e. The second-order valence-corrected chi connectivity index (χ2v) is 5.71. The number of hydrogen-bond acceptors (Lipinski definition) is 3. The molecule has 1 heterocycles. The van der Waals surface area contributed by atoms with E-state index in [4.69, 9.17) is 4.42 Å². The summed E-state index contributed by atoms with van der Waals surface area (Å²) in [4.78, 5) is 18.7. The SMILES string of the molecule is Cc1ncc(CN(C(=O)Nc2ccccc2)C2CCCC2)o1. The maximum absolute atomic E-state index is 12.7. The van der Waals surface area contributed by atoms with E-state index in [0.717, 1.165) is 24.3 Å². The first kappa shape index (κ1) is 14.6. The lowest BCUT2D eigenvalue weighted by Crippen LogP contribution is -2.41. The van der Waals surface area contributed by atoms with Gasteiger partial charge in [-0.1, -0.05) is 31.0 Å². The highest BCUT2D eigenvalue weighted by Gasteiger charge is 2.27. The Morgan fingerprint density at radius 1 is 1.32 bits per heavy atom. The van der Waals surface area contributed by atoms with Crippen molar-refractivity contribution >= 4 is 11.7 Å². The molecule has 1 saturated carbocycles. The van der Waals surface area contributed by atoms with Crippen LogP contribution < -0.4 is 5.32 Å². The van der Waals surface area contributed by atoms with Crippen LogP contribution in [-0.4, -0.2) is 22.0 Å². The average molecular weight is 299 g/mol. The van der Waals surface area contributed by atoms with E-state index in [-0.39, 0.29) is 12.1 Å². The third kappa shape index (κ3) is 3.47. The molecule has 1 fully saturated rings. The Morgan fingerprint density at radius 2 is 2.05 bits per heavy atom. The van der Waals surface area contributed by atoms with Gasteiger partial charge >= 0.3 is 6.03 Å². The number of nitrogens with one attached hydrogen (secondary N) is 1. The van der Waals surface area contributed by atoms with Crippen LogP contribution in [0.25, 0.3) is 0 Å². The van der Waals surface area contributed by atoms with E-state index in [1.807, 2.05) is 42.2 Å². The number of nitrogens with zero attached hydrogens (tertiary/aromatic N) is 2. The number of aromatic nitrogens is 1. The number of anilines is 1. The van der Waals surface area contributed by atoms with Gasteiger partial charge in [0.2, 0.25) is 0 Å². The van der Waals surface area contributed by atoms with E-state index in [9.17, 15) is 4.79 Å². The van der Waals surface area contributed by atoms with Crippen LogP contribution in [0.15, 0.2) is 40.9 Å². The number of carbonyl (C=O) groups is 1. The summed E-state index contributed by atoms with van der Waals surface area (Å²) < 4.78 is 5.54. The first-order valence-electron chi connectivity index (χ1n) is 7.76. The van der Waals surface area contributed by atoms with Gasteiger partial charge in [-0.2, -0.15) is 0 Å². The second-order valence-electron chi connectivity index (χ2n) is 5.71. The third-order valence-electron chi connectivity index (χ3n) is 4.05. The van der Waals surface area contributed by atoms with Gasteiger partial charge in [-0.3, -0.25) is 0 Å². The van der Waals surface area contributed by atoms with E-state index in [2.05, 4.69) is 10.3 Å². The number of carbonyl (C=O) groups excluding carboxylic acids is 1. The first-order chi connectivity index (χ1) is 10.7. The van der Waals surface area contributed by atoms with E-state index in [1.165, 1.54) is 12.8 Å². The summed E-state index contributed by atoms with van der Waals surface area (Å²) in [5.74, 6) is 1.36. The maximum Gasteiger partial charge on any atom is 0.322 e. The second kappa shape index (κ2) is 6.64. The van der Waals surface area contributed by atoms with Crippen molar-refractivity contribution in [2.75, 3.05) is 5.32 Å². The minimum absolute atomic E-state index is 0.0767. The van der Waals surface area contributed by atoms with Crippen molar-refractivity contribution in [3.05, 3.63) is 48.2 Å². The molecule has 1 aliphatic rings. The first-order valence-corrected chi connectivity index (χ1v) is 7.76. The Kier molecular flexibility index (Phi) is 4.42. The lowest BCUT2D eigenvalue weighted by Gasteiger charge is -2.28. The fourth-order valence-electron chi connectivity index (χ4n) is 2.95. The fraction of sp³-hybridized carbons (Fsp3) is 0.412. The standard InChI is InChI=1S/C17H21N3O2/c1-13-18-11-16(22-13)12-20(15-9-5-6-10-15)17(21)19-14-7-3-2-4-8-14/h2-4,7-8,11,15H,5-6,9-10,12H2,1H3,(H,19,21). The van der Waals surface area contributed by atoms with Gasteiger partial charge in [-0.05, 0) is 25.0 Å². The molecule has 3 rings (SSSR count). The Hall–Kier alpha value is -2.30. The van der Waals surface area contributed by atoms with Crippen LogP contribution in [-0.2, 0) is 6.54 Å². The monoisotopic (exact) mass is 299 g/mol. The predicted octanol–water partition coefficient (Wildman–Crippen LogP) is 3.96. The van der Waals surface area contributed by atoms with Gasteiger partial charge < -0.3 is 14.6 Å². The Balaban J connectivity index is 1.73. The van der Waals surface area contributed by atoms with Crippen molar-refractivity contribution in [3.63, 3.8) is 0 Å². The molecule has 22 heavy (non-hydrogen) atoms. The van der Waals surface area contributed by atoms with Crippen LogP contribution in [0.4, 0.5) is 10.5 Å². The molecule has 116 valence electrons. The van der Waals surface area contributed by atoms with Crippen LogP contribution in [0.1, 0.15) is 37.3 Å². The molecule has 0 saturated heterocycles. The highest BCUT2D eigenvalue weighted by molar-refractivity contribution is 5.89. The van der Waals surface area contributed by atoms with Gasteiger partial charge in [0.15, 0.2) is 5.89 Å². The number of hydrogen-bond donors (Lipinski definition) is 1. The zero-order valence-corrected chi connectivity index (χ0v) is 12.8. The Morgan fingerprint density at radius 3 is 2.68 bits per heavy atom. The molecular formula is C17H21N3O2. The van der Waals surface area contributed by atoms with Crippen LogP contribution >= 0.6 is 0 Å². The molecule has 0 bridgehead atoms. The molecule has 5 heteroatoms. The van der Waals surface area contributed by atoms with Gasteiger partial charge in [-0.15, -0.1) is 0 Å². The van der Waals surface area contributed by atoms with Crippen molar-refractivity contribution in [3.8, 4) is 0 Å². The lowest BCUT2D eigenvalue weighted by atomic mass is 10.2. The van der Waals surface area contributed by atoms with Crippen molar-refractivity contribution in [1.82, 2.24) is 9.88 Å². The molecule has 2 aromatic rings. The van der Waals surface area contributed by atoms with Gasteiger partial charge in [0, 0.05) is 18.7 Å². The van der Waals surface area contributed by atoms with Crippen LogP contribution in [0.5, 0.6) is 0 Å². The normalized spacial score (nSPS) is 15.0. The van der Waals surface area contributed by atoms with Crippen molar-refractivity contribution in [1.29, 1.82) is 0 Å². The quantitative estimate of drug-likeness (QED) is 0.929. The van der Waals surface area contributed by atoms with E-state index in [1.54, 1.807) is 6.20 Å². The molecule has 0 atom stereocenters. The van der Waals surface area contributed by atoms with Gasteiger partial charge in [-0.25, -0.2) is 9.78 Å². The number of para-hydroxylation sites is 1. The summed E-state index contributed by atoms with van der Waals surface area (Å²) in [5, 5.41) is 2.97. The van der Waals surface area contributed by atoms with Crippen LogP contribution in [0, 0.1) is 6.92 Å². The summed E-state index contributed by atoms with van der Waals surface area (Å²) in [6, 6.07) is 9.74. The highest BCUT2D eigenvalue weighted by atomic mass is 16.4. The van der Waals surface area contributed by atoms with E-state index in [0.29, 0.717) is 12.4 Å². The lowest BCUT2D eigenvalue weighted by molar-refractivity contribution is 0.178. The number of aryl methyl sites for hydroxylation is 1. The fourth-order valence-corrected chi connectivity index (χ4v) is 2.95. The zero-order valence-electron chi connectivity index (χ0n) is 12.8. The van der Waals surface area contributed by atoms with Crippen LogP contribution in [0.2, 0.25) is 0 Å². The third-order valence-corrected chi connectivity index (χ3v) is 4.05. The molecule has 1 N–H and O–H groups in total. The number of oxazole rings is 1. The molecule has 0 aliphatic heterocycles. The minimum Gasteiger partial charge on any atom is -0.444 e. The zero-order chi connectivity index (χ0) is 15.4. The summed E-state index contributed by atoms with van der Waals surface area (Å²) in [6.45, 7) is 2.28. The Bertz CT molecular complexity index is 618. The molecule has 1 aromatic heterocycles. The summed E-state index contributed by atoms with van der Waals surface area (Å²) in [6.07, 6.45) is 6.15. The summed E-state index contributed by atoms with van der Waals surface area (Å²) in [7, 11) is 0. The highest BCUT2D eigenvalue weighted by Crippen LogP contribution is 2.26. The van der Waals surface area contributed by atoms with Gasteiger partial charge in [0.1, 0.15) is 5.76 Å². The number of urea groups is 1. The molecular weight excluding hydrogens is 278 g/mol. The van der Waals surface area contributed by atoms with Crippen molar-refractivity contribution < 1.29 is 9.21 Å². The molecule has 2 amide bonds. The molecule has 1 aliphatic carbocycles. The number of amides is 2. The van der Waals surface area contributed by atoms with Crippen molar-refractivity contribution in [2.24, 2.45) is 0 Å². The van der Waals surface area contributed by atoms with E-state index >= 15 is 0 Å². The average Bonchev–Trinajstić information content (AvgIpc) is 3.17. The minimum atomic E-state index is -0.0767. The largest absolute Gasteiger partial charge is 0.444 e. The van der Waals surface area contributed by atoms with Gasteiger partial charge in [0.25, 0.3) is 0 Å².